The lowest BCUT2D eigenvalue weighted by Crippen LogP contribution is -2.40. The fraction of sp³-hybridized carbons (Fsp3) is 0.136. The second-order valence-electron chi connectivity index (χ2n) is 6.63. The first-order valence-electron chi connectivity index (χ1n) is 9.01. The Morgan fingerprint density at radius 3 is 2.48 bits per heavy atom. The van der Waals surface area contributed by atoms with Crippen LogP contribution in [0.3, 0.4) is 0 Å². The second kappa shape index (κ2) is 7.52. The van der Waals surface area contributed by atoms with Gasteiger partial charge in [0.15, 0.2) is 4.80 Å². The van der Waals surface area contributed by atoms with E-state index in [0.29, 0.717) is 26.4 Å². The van der Waals surface area contributed by atoms with Crippen molar-refractivity contribution in [3.63, 3.8) is 0 Å². The van der Waals surface area contributed by atoms with E-state index in [-0.39, 0.29) is 5.56 Å². The summed E-state index contributed by atoms with van der Waals surface area (Å²) in [5.74, 6) is 0.0935. The highest BCUT2D eigenvalue weighted by molar-refractivity contribution is 7.07. The van der Waals surface area contributed by atoms with Crippen molar-refractivity contribution in [3.8, 4) is 5.75 Å². The van der Waals surface area contributed by atoms with Gasteiger partial charge in [0, 0.05) is 0 Å². The van der Waals surface area contributed by atoms with E-state index in [2.05, 4.69) is 4.99 Å². The van der Waals surface area contributed by atoms with Crippen LogP contribution in [0.1, 0.15) is 24.1 Å². The molecule has 1 aromatic heterocycles. The van der Waals surface area contributed by atoms with Gasteiger partial charge >= 0.3 is 0 Å². The predicted octanol–water partition coefficient (Wildman–Crippen LogP) is 1.73. The minimum absolute atomic E-state index is 0.204. The summed E-state index contributed by atoms with van der Waals surface area (Å²) in [6.07, 6.45) is 1.83. The maximum atomic E-state index is 13.3. The third-order valence-electron chi connectivity index (χ3n) is 4.82. The Labute approximate surface area is 170 Å². The first kappa shape index (κ1) is 18.9. The molecule has 2 aromatic carbocycles. The number of primary amides is 1. The Hall–Kier alpha value is -3.45. The van der Waals surface area contributed by atoms with Crippen LogP contribution in [-0.2, 0) is 4.79 Å². The molecule has 2 heterocycles. The van der Waals surface area contributed by atoms with Gasteiger partial charge in [-0.3, -0.25) is 14.2 Å². The Bertz CT molecular complexity index is 1290. The van der Waals surface area contributed by atoms with E-state index in [1.54, 1.807) is 30.7 Å². The van der Waals surface area contributed by atoms with Gasteiger partial charge in [-0.1, -0.05) is 53.8 Å². The number of methoxy groups -OCH3 is 1. The van der Waals surface area contributed by atoms with Crippen LogP contribution in [0.15, 0.2) is 75.7 Å². The minimum atomic E-state index is -0.632. The zero-order valence-electron chi connectivity index (χ0n) is 16.0. The van der Waals surface area contributed by atoms with E-state index < -0.39 is 11.9 Å². The van der Waals surface area contributed by atoms with Crippen LogP contribution < -0.4 is 25.4 Å². The first-order valence-corrected chi connectivity index (χ1v) is 9.82. The number of hydrogen-bond donors (Lipinski definition) is 1. The number of hydrogen-bond acceptors (Lipinski definition) is 5. The molecule has 1 aliphatic heterocycles. The lowest BCUT2D eigenvalue weighted by atomic mass is 9.95. The number of aromatic nitrogens is 1. The van der Waals surface area contributed by atoms with Crippen molar-refractivity contribution in [3.05, 3.63) is 96.7 Å². The quantitative estimate of drug-likeness (QED) is 0.717. The lowest BCUT2D eigenvalue weighted by molar-refractivity contribution is -0.115. The predicted molar refractivity (Wildman–Crippen MR) is 112 cm³/mol. The molecule has 29 heavy (non-hydrogen) atoms. The van der Waals surface area contributed by atoms with Gasteiger partial charge in [0.2, 0.25) is 5.91 Å². The molecule has 0 fully saturated rings. The standard InChI is InChI=1S/C22H19N3O3S/c1-13-18(20(23)26)19(15-8-10-16(28-2)11-9-15)25-21(27)17(29-22(25)24-13)12-14-6-4-3-5-7-14/h3-12,19H,1-2H3,(H2,23,26). The zero-order valence-corrected chi connectivity index (χ0v) is 16.8. The van der Waals surface area contributed by atoms with E-state index in [4.69, 9.17) is 10.5 Å². The van der Waals surface area contributed by atoms with Crippen LogP contribution >= 0.6 is 11.3 Å². The molecule has 6 nitrogen and oxygen atoms in total. The van der Waals surface area contributed by atoms with Gasteiger partial charge in [0.1, 0.15) is 5.75 Å². The molecule has 2 N–H and O–H groups in total. The number of thiazole rings is 1. The zero-order chi connectivity index (χ0) is 20.5. The summed E-state index contributed by atoms with van der Waals surface area (Å²) in [5.41, 5.74) is 7.99. The molecule has 0 radical (unpaired) electrons. The van der Waals surface area contributed by atoms with Crippen molar-refractivity contribution in [1.29, 1.82) is 0 Å². The fourth-order valence-electron chi connectivity index (χ4n) is 3.44. The topological polar surface area (TPSA) is 86.7 Å². The van der Waals surface area contributed by atoms with E-state index in [0.717, 1.165) is 11.1 Å². The molecular weight excluding hydrogens is 386 g/mol. The lowest BCUT2D eigenvalue weighted by Gasteiger charge is -2.24. The third kappa shape index (κ3) is 3.40. The van der Waals surface area contributed by atoms with Crippen LogP contribution in [0.4, 0.5) is 0 Å². The highest BCUT2D eigenvalue weighted by Crippen LogP contribution is 2.30. The first-order chi connectivity index (χ1) is 14.0. The summed E-state index contributed by atoms with van der Waals surface area (Å²) in [4.78, 5) is 30.6. The van der Waals surface area contributed by atoms with Crippen LogP contribution in [0.2, 0.25) is 0 Å². The number of carbonyl (C=O) groups is 1. The molecule has 146 valence electrons. The molecule has 7 heteroatoms. The van der Waals surface area contributed by atoms with Crippen LogP contribution in [-0.4, -0.2) is 17.6 Å². The fourth-order valence-corrected chi connectivity index (χ4v) is 4.49. The summed E-state index contributed by atoms with van der Waals surface area (Å²) in [5, 5.41) is 0. The van der Waals surface area contributed by atoms with Crippen molar-refractivity contribution in [2.45, 2.75) is 13.0 Å². The number of carbonyl (C=O) groups excluding carboxylic acids is 1. The maximum absolute atomic E-state index is 13.3. The Kier molecular flexibility index (Phi) is 4.90. The molecular formula is C22H19N3O3S. The average Bonchev–Trinajstić information content (AvgIpc) is 3.02. The maximum Gasteiger partial charge on any atom is 0.271 e. The van der Waals surface area contributed by atoms with Crippen molar-refractivity contribution >= 4 is 23.3 Å². The molecule has 0 saturated carbocycles. The number of fused-ring (bicyclic) bond motifs is 1. The van der Waals surface area contributed by atoms with Crippen molar-refractivity contribution < 1.29 is 9.53 Å². The smallest absolute Gasteiger partial charge is 0.271 e. The normalized spacial score (nSPS) is 16.3. The van der Waals surface area contributed by atoms with Gasteiger partial charge in [-0.2, -0.15) is 0 Å². The summed E-state index contributed by atoms with van der Waals surface area (Å²) >= 11 is 1.30. The van der Waals surface area contributed by atoms with Crippen LogP contribution in [0.5, 0.6) is 5.75 Å². The van der Waals surface area contributed by atoms with Crippen molar-refractivity contribution in [1.82, 2.24) is 4.57 Å². The van der Waals surface area contributed by atoms with Crippen molar-refractivity contribution in [2.24, 2.45) is 10.7 Å². The molecule has 1 amide bonds. The molecule has 0 spiro atoms. The van der Waals surface area contributed by atoms with E-state index in [1.807, 2.05) is 48.5 Å². The Balaban J connectivity index is 1.96. The van der Waals surface area contributed by atoms with Crippen LogP contribution in [0, 0.1) is 0 Å². The molecule has 3 aromatic rings. The molecule has 0 aliphatic carbocycles. The largest absolute Gasteiger partial charge is 0.497 e. The highest BCUT2D eigenvalue weighted by Gasteiger charge is 2.31. The van der Waals surface area contributed by atoms with Gasteiger partial charge < -0.3 is 10.5 Å². The number of rotatable bonds is 4. The highest BCUT2D eigenvalue weighted by atomic mass is 32.1. The number of nitrogens with two attached hydrogens (primary N) is 1. The summed E-state index contributed by atoms with van der Waals surface area (Å²) < 4.78 is 7.32. The number of benzene rings is 2. The molecule has 4 rings (SSSR count). The summed E-state index contributed by atoms with van der Waals surface area (Å²) in [6, 6.07) is 16.2. The number of ether oxygens (including phenoxy) is 1. The van der Waals surface area contributed by atoms with E-state index in [9.17, 15) is 9.59 Å². The molecule has 1 aliphatic rings. The third-order valence-corrected chi connectivity index (χ3v) is 5.80. The molecule has 1 atom stereocenters. The SMILES string of the molecule is COc1ccc(C2C(C(N)=O)=C(C)N=c3sc(=Cc4ccccc4)c(=O)n32)cc1. The molecule has 1 unspecified atom stereocenters. The number of amides is 1. The Morgan fingerprint density at radius 1 is 1.17 bits per heavy atom. The Morgan fingerprint density at radius 2 is 1.86 bits per heavy atom. The van der Waals surface area contributed by atoms with Gasteiger partial charge in [-0.05, 0) is 36.3 Å². The summed E-state index contributed by atoms with van der Waals surface area (Å²) in [6.45, 7) is 1.74. The van der Waals surface area contributed by atoms with Gasteiger partial charge in [-0.15, -0.1) is 0 Å². The monoisotopic (exact) mass is 405 g/mol. The number of nitrogens with zero attached hydrogens (tertiary/aromatic N) is 2. The molecule has 0 bridgehead atoms. The van der Waals surface area contributed by atoms with E-state index in [1.165, 1.54) is 11.3 Å². The number of allylic oxidation sites excluding steroid dienone is 1. The second-order valence-corrected chi connectivity index (χ2v) is 7.64. The minimum Gasteiger partial charge on any atom is -0.497 e. The van der Waals surface area contributed by atoms with Crippen molar-refractivity contribution in [2.75, 3.05) is 7.11 Å². The molecule has 0 saturated heterocycles. The van der Waals surface area contributed by atoms with Gasteiger partial charge in [-0.25, -0.2) is 4.99 Å². The van der Waals surface area contributed by atoms with Gasteiger partial charge in [0.05, 0.1) is 29.0 Å². The van der Waals surface area contributed by atoms with Gasteiger partial charge in [0.25, 0.3) is 5.56 Å². The van der Waals surface area contributed by atoms with Crippen LogP contribution in [0.25, 0.3) is 6.08 Å². The van der Waals surface area contributed by atoms with E-state index >= 15 is 0 Å². The average molecular weight is 405 g/mol. The summed E-state index contributed by atoms with van der Waals surface area (Å²) in [7, 11) is 1.58.